The molecular formula is C9H10ClN5O8S. The van der Waals surface area contributed by atoms with Crippen molar-refractivity contribution in [2.45, 2.75) is 0 Å². The first-order valence-corrected chi connectivity index (χ1v) is 7.22. The van der Waals surface area contributed by atoms with Crippen LogP contribution in [0.1, 0.15) is 0 Å². The first-order chi connectivity index (χ1) is 10.9. The molecule has 0 bridgehead atoms. The highest BCUT2D eigenvalue weighted by Gasteiger charge is 2.20. The Balaban J connectivity index is 0.000000431. The van der Waals surface area contributed by atoms with Gasteiger partial charge in [-0.1, -0.05) is 11.6 Å². The van der Waals surface area contributed by atoms with Crippen molar-refractivity contribution in [3.63, 3.8) is 0 Å². The van der Waals surface area contributed by atoms with Crippen molar-refractivity contribution in [3.05, 3.63) is 55.8 Å². The van der Waals surface area contributed by atoms with Gasteiger partial charge in [0.15, 0.2) is 0 Å². The zero-order valence-electron chi connectivity index (χ0n) is 11.4. The Morgan fingerprint density at radius 1 is 1.21 bits per heavy atom. The molecular weight excluding hydrogens is 374 g/mol. The van der Waals surface area contributed by atoms with Crippen LogP contribution in [0.15, 0.2) is 30.6 Å². The third-order valence-electron chi connectivity index (χ3n) is 1.91. The van der Waals surface area contributed by atoms with Gasteiger partial charge >= 0.3 is 16.1 Å². The van der Waals surface area contributed by atoms with Crippen LogP contribution in [0.5, 0.6) is 0 Å². The van der Waals surface area contributed by atoms with Crippen molar-refractivity contribution in [3.8, 4) is 0 Å². The van der Waals surface area contributed by atoms with Gasteiger partial charge in [-0.05, 0) is 6.07 Å². The lowest BCUT2D eigenvalue weighted by Crippen LogP contribution is -1.98. The second kappa shape index (κ2) is 9.36. The quantitative estimate of drug-likeness (QED) is 0.253. The summed E-state index contributed by atoms with van der Waals surface area (Å²) in [5, 5.41) is 26.7. The van der Waals surface area contributed by atoms with Gasteiger partial charge in [0.1, 0.15) is 5.69 Å². The number of aromatic nitrogens is 2. The van der Waals surface area contributed by atoms with Crippen LogP contribution in [0.25, 0.3) is 0 Å². The molecule has 1 aromatic carbocycles. The average Bonchev–Trinajstić information content (AvgIpc) is 2.98. The molecule has 0 aliphatic rings. The van der Waals surface area contributed by atoms with Gasteiger partial charge in [0.25, 0.3) is 5.69 Å². The van der Waals surface area contributed by atoms with Crippen LogP contribution in [-0.2, 0) is 10.4 Å². The number of nitrogens with two attached hydrogens (primary N) is 1. The van der Waals surface area contributed by atoms with E-state index in [-0.39, 0.29) is 10.7 Å². The molecule has 0 unspecified atom stereocenters. The lowest BCUT2D eigenvalue weighted by atomic mass is 10.2. The van der Waals surface area contributed by atoms with E-state index in [1.165, 1.54) is 0 Å². The molecule has 1 heterocycles. The van der Waals surface area contributed by atoms with Crippen molar-refractivity contribution in [2.24, 2.45) is 0 Å². The lowest BCUT2D eigenvalue weighted by molar-refractivity contribution is -0.393. The first kappa shape index (κ1) is 21.2. The highest BCUT2D eigenvalue weighted by Crippen LogP contribution is 2.33. The second-order valence-corrected chi connectivity index (χ2v) is 4.89. The fraction of sp³-hybridized carbons (Fsp3) is 0. The second-order valence-electron chi connectivity index (χ2n) is 3.59. The van der Waals surface area contributed by atoms with E-state index < -0.39 is 31.6 Å². The predicted octanol–water partition coefficient (Wildman–Crippen LogP) is 1.50. The molecule has 0 aliphatic heterocycles. The summed E-state index contributed by atoms with van der Waals surface area (Å²) in [6.07, 6.45) is 3.46. The maximum atomic E-state index is 10.4. The van der Waals surface area contributed by atoms with Crippen LogP contribution in [0.3, 0.4) is 0 Å². The summed E-state index contributed by atoms with van der Waals surface area (Å²) in [5.74, 6) is 0. The van der Waals surface area contributed by atoms with Crippen molar-refractivity contribution in [2.75, 3.05) is 5.73 Å². The third-order valence-corrected chi connectivity index (χ3v) is 2.22. The van der Waals surface area contributed by atoms with Gasteiger partial charge in [0, 0.05) is 18.5 Å². The molecule has 132 valence electrons. The van der Waals surface area contributed by atoms with Gasteiger partial charge in [0.2, 0.25) is 0 Å². The molecule has 24 heavy (non-hydrogen) atoms. The van der Waals surface area contributed by atoms with Gasteiger partial charge in [-0.2, -0.15) is 13.5 Å². The molecule has 0 atom stereocenters. The number of hydrogen-bond acceptors (Lipinski definition) is 8. The van der Waals surface area contributed by atoms with Crippen LogP contribution >= 0.6 is 11.6 Å². The van der Waals surface area contributed by atoms with Crippen LogP contribution in [0.4, 0.5) is 17.1 Å². The normalized spacial score (nSPS) is 9.79. The number of nitrogens with zero attached hydrogens (tertiary/aromatic N) is 3. The topological polar surface area (TPSA) is 216 Å². The van der Waals surface area contributed by atoms with E-state index in [1.807, 2.05) is 6.07 Å². The average molecular weight is 384 g/mol. The van der Waals surface area contributed by atoms with Crippen LogP contribution in [-0.4, -0.2) is 37.6 Å². The number of nitro groups is 2. The maximum Gasteiger partial charge on any atom is 0.394 e. The Morgan fingerprint density at radius 3 is 2.04 bits per heavy atom. The van der Waals surface area contributed by atoms with Gasteiger partial charge in [-0.3, -0.25) is 34.4 Å². The van der Waals surface area contributed by atoms with E-state index in [9.17, 15) is 20.2 Å². The molecule has 5 N–H and O–H groups in total. The van der Waals surface area contributed by atoms with E-state index in [0.29, 0.717) is 0 Å². The monoisotopic (exact) mass is 383 g/mol. The molecule has 0 saturated carbocycles. The van der Waals surface area contributed by atoms with Gasteiger partial charge < -0.3 is 5.73 Å². The standard InChI is InChI=1S/C6H4ClN3O4.C3H4N2.H2O4S/c7-4-1-3(9(11)12)2-5(6(4)8)10(13)14;1-2-4-5-3-1;1-5(2,3)4/h1-2H,8H2;1-3H,(H,4,5);(H2,1,2,3,4). The first-order valence-electron chi connectivity index (χ1n) is 5.45. The van der Waals surface area contributed by atoms with Crippen molar-refractivity contribution >= 4 is 39.1 Å². The minimum Gasteiger partial charge on any atom is -0.392 e. The fourth-order valence-corrected chi connectivity index (χ4v) is 1.27. The van der Waals surface area contributed by atoms with Crippen molar-refractivity contribution in [1.82, 2.24) is 10.2 Å². The molecule has 2 aromatic rings. The molecule has 0 fully saturated rings. The molecule has 1 aromatic heterocycles. The molecule has 0 radical (unpaired) electrons. The number of nitrogen functional groups attached to an aromatic ring is 1. The van der Waals surface area contributed by atoms with E-state index in [1.54, 1.807) is 12.4 Å². The summed E-state index contributed by atoms with van der Waals surface area (Å²) < 4.78 is 31.6. The van der Waals surface area contributed by atoms with Gasteiger partial charge in [-0.15, -0.1) is 0 Å². The Bertz CT molecular complexity index is 769. The summed E-state index contributed by atoms with van der Waals surface area (Å²) in [6.45, 7) is 0. The summed E-state index contributed by atoms with van der Waals surface area (Å²) in [7, 11) is -4.67. The largest absolute Gasteiger partial charge is 0.394 e. The highest BCUT2D eigenvalue weighted by molar-refractivity contribution is 7.79. The van der Waals surface area contributed by atoms with Crippen LogP contribution < -0.4 is 5.73 Å². The number of hydrogen-bond donors (Lipinski definition) is 4. The van der Waals surface area contributed by atoms with Crippen LogP contribution in [0.2, 0.25) is 5.02 Å². The van der Waals surface area contributed by atoms with Crippen molar-refractivity contribution < 1.29 is 27.4 Å². The van der Waals surface area contributed by atoms with E-state index in [0.717, 1.165) is 12.1 Å². The van der Waals surface area contributed by atoms with E-state index in [2.05, 4.69) is 10.2 Å². The zero-order chi connectivity index (χ0) is 18.9. The fourth-order valence-electron chi connectivity index (χ4n) is 1.06. The Kier molecular flexibility index (Phi) is 8.26. The summed E-state index contributed by atoms with van der Waals surface area (Å²) in [5.41, 5.74) is 3.95. The Morgan fingerprint density at radius 2 is 1.75 bits per heavy atom. The van der Waals surface area contributed by atoms with Crippen LogP contribution in [0, 0.1) is 20.2 Å². The number of nitrogens with one attached hydrogen (secondary N) is 1. The Labute approximate surface area is 138 Å². The number of anilines is 1. The smallest absolute Gasteiger partial charge is 0.392 e. The molecule has 2 rings (SSSR count). The predicted molar refractivity (Wildman–Crippen MR) is 81.9 cm³/mol. The number of rotatable bonds is 2. The number of benzene rings is 1. The van der Waals surface area contributed by atoms with E-state index >= 15 is 0 Å². The molecule has 0 spiro atoms. The van der Waals surface area contributed by atoms with Gasteiger partial charge in [0.05, 0.1) is 20.9 Å². The number of nitro benzene ring substituents is 2. The molecule has 15 heteroatoms. The van der Waals surface area contributed by atoms with Gasteiger partial charge in [-0.25, -0.2) is 0 Å². The number of H-pyrrole nitrogens is 1. The minimum atomic E-state index is -4.67. The molecule has 0 saturated heterocycles. The molecule has 0 aliphatic carbocycles. The summed E-state index contributed by atoms with van der Waals surface area (Å²) >= 11 is 5.47. The number of halogens is 1. The summed E-state index contributed by atoms with van der Waals surface area (Å²) in [4.78, 5) is 19.1. The number of aromatic amines is 1. The molecule has 0 amide bonds. The zero-order valence-corrected chi connectivity index (χ0v) is 13.0. The Hall–Kier alpha value is -2.81. The number of non-ortho nitro benzene ring substituents is 1. The van der Waals surface area contributed by atoms with Crippen molar-refractivity contribution in [1.29, 1.82) is 0 Å². The lowest BCUT2D eigenvalue weighted by Gasteiger charge is -1.99. The minimum absolute atomic E-state index is 0.203. The molecule has 13 nitrogen and oxygen atoms in total. The third kappa shape index (κ3) is 9.26. The summed E-state index contributed by atoms with van der Waals surface area (Å²) in [6, 6.07) is 3.56. The highest BCUT2D eigenvalue weighted by atomic mass is 35.5. The maximum absolute atomic E-state index is 10.4. The van der Waals surface area contributed by atoms with E-state index in [4.69, 9.17) is 34.9 Å². The SMILES string of the molecule is Nc1c(Cl)cc([N+](=O)[O-])cc1[N+](=O)[O-].O=S(=O)(O)O.c1cn[nH]c1.